The Balaban J connectivity index is 1.51. The molecule has 7 aromatic carbocycles. The Kier molecular flexibility index (Phi) is 7.67. The van der Waals surface area contributed by atoms with Crippen molar-refractivity contribution >= 4 is 55.1 Å². The van der Waals surface area contributed by atoms with Crippen LogP contribution in [0, 0.1) is 6.17 Å². The van der Waals surface area contributed by atoms with Gasteiger partial charge in [-0.2, -0.15) is 0 Å². The maximum absolute atomic E-state index is 2.62. The summed E-state index contributed by atoms with van der Waals surface area (Å²) in [4.78, 5) is 5.24. The van der Waals surface area contributed by atoms with Crippen LogP contribution >= 0.6 is 0 Å². The van der Waals surface area contributed by atoms with E-state index in [0.29, 0.717) is 23.7 Å². The van der Waals surface area contributed by atoms with Gasteiger partial charge in [0, 0.05) is 5.56 Å². The minimum atomic E-state index is 0.357. The second-order valence-corrected chi connectivity index (χ2v) is 15.2. The molecule has 2 nitrogen and oxygen atoms in total. The molecule has 0 aromatic heterocycles. The summed E-state index contributed by atoms with van der Waals surface area (Å²) >= 11 is 0. The van der Waals surface area contributed by atoms with E-state index >= 15 is 0 Å². The zero-order valence-corrected chi connectivity index (χ0v) is 30.2. The molecule has 245 valence electrons. The van der Waals surface area contributed by atoms with E-state index in [0.717, 1.165) is 0 Å². The summed E-state index contributed by atoms with van der Waals surface area (Å²) in [5, 5.41) is 7.87. The number of para-hydroxylation sites is 4. The Morgan fingerprint density at radius 1 is 0.367 bits per heavy atom. The predicted octanol–water partition coefficient (Wildman–Crippen LogP) is 13.9. The number of nitrogens with zero attached hydrogens (tertiary/aromatic N) is 2. The smallest absolute Gasteiger partial charge is 0.196 e. The fourth-order valence-corrected chi connectivity index (χ4v) is 8.30. The molecule has 0 saturated heterocycles. The van der Waals surface area contributed by atoms with E-state index in [9.17, 15) is 0 Å². The first-order valence-corrected chi connectivity index (χ1v) is 18.2. The van der Waals surface area contributed by atoms with E-state index < -0.39 is 0 Å². The molecule has 0 aliphatic carbocycles. The number of fused-ring (bicyclic) bond motifs is 1. The van der Waals surface area contributed by atoms with Crippen LogP contribution < -0.4 is 9.80 Å². The number of rotatable bonds is 7. The summed E-state index contributed by atoms with van der Waals surface area (Å²) in [6.45, 7) is 18.7. The van der Waals surface area contributed by atoms with E-state index in [4.69, 9.17) is 0 Å². The Bertz CT molecular complexity index is 2120. The lowest BCUT2D eigenvalue weighted by atomic mass is 9.89. The van der Waals surface area contributed by atoms with Crippen LogP contribution in [-0.4, -0.2) is 0 Å². The fraction of sp³-hybridized carbons (Fsp3) is 0.255. The van der Waals surface area contributed by atoms with Gasteiger partial charge in [-0.3, -0.25) is 0 Å². The number of anilines is 4. The van der Waals surface area contributed by atoms with Crippen molar-refractivity contribution in [1.82, 2.24) is 0 Å². The molecule has 1 heterocycles. The van der Waals surface area contributed by atoms with Gasteiger partial charge < -0.3 is 9.80 Å². The van der Waals surface area contributed by atoms with Crippen LogP contribution in [-0.2, 0) is 0 Å². The highest BCUT2D eigenvalue weighted by Crippen LogP contribution is 2.58. The molecule has 0 N–H and O–H groups in total. The Hall–Kier alpha value is -4.82. The summed E-state index contributed by atoms with van der Waals surface area (Å²) < 4.78 is 0. The molecule has 1 radical (unpaired) electrons. The van der Waals surface area contributed by atoms with Crippen LogP contribution in [0.4, 0.5) is 22.7 Å². The van der Waals surface area contributed by atoms with E-state index in [-0.39, 0.29) is 0 Å². The SMILES string of the molecule is CC(C)c1cccc(C(C)C)c1N1[C](c2cc3ccc4cccc5ccc(c2)c3c45)N(c2c(C(C)C)cccc2C(C)C)c2ccccc21. The zero-order valence-electron chi connectivity index (χ0n) is 30.2. The lowest BCUT2D eigenvalue weighted by molar-refractivity contribution is 0.807. The molecule has 0 fully saturated rings. The van der Waals surface area contributed by atoms with Crippen LogP contribution in [0.3, 0.4) is 0 Å². The molecular formula is C47H47N2. The lowest BCUT2D eigenvalue weighted by Crippen LogP contribution is -2.33. The number of hydrogen-bond acceptors (Lipinski definition) is 2. The molecule has 8 rings (SSSR count). The van der Waals surface area contributed by atoms with Crippen molar-refractivity contribution in [3.8, 4) is 0 Å². The molecule has 0 spiro atoms. The summed E-state index contributed by atoms with van der Waals surface area (Å²) in [5.74, 6) is 1.43. The Labute approximate surface area is 292 Å². The molecule has 1 aliphatic rings. The van der Waals surface area contributed by atoms with Gasteiger partial charge in [-0.25, -0.2) is 0 Å². The van der Waals surface area contributed by atoms with E-state index in [1.807, 2.05) is 0 Å². The summed E-state index contributed by atoms with van der Waals surface area (Å²) in [6.07, 6.45) is 1.21. The second-order valence-electron chi connectivity index (χ2n) is 15.2. The maximum atomic E-state index is 2.62. The molecule has 0 saturated carbocycles. The largest absolute Gasteiger partial charge is 0.307 e. The van der Waals surface area contributed by atoms with Crippen molar-refractivity contribution in [3.63, 3.8) is 0 Å². The number of benzene rings is 7. The van der Waals surface area contributed by atoms with Crippen LogP contribution in [0.5, 0.6) is 0 Å². The average molecular weight is 640 g/mol. The van der Waals surface area contributed by atoms with Crippen molar-refractivity contribution < 1.29 is 0 Å². The summed E-state index contributed by atoms with van der Waals surface area (Å²) in [6, 6.07) is 43.8. The van der Waals surface area contributed by atoms with Gasteiger partial charge in [-0.15, -0.1) is 0 Å². The molecule has 2 heteroatoms. The van der Waals surface area contributed by atoms with Gasteiger partial charge in [0.25, 0.3) is 0 Å². The van der Waals surface area contributed by atoms with E-state index in [1.165, 1.54) is 89.0 Å². The molecule has 0 unspecified atom stereocenters. The van der Waals surface area contributed by atoms with Crippen molar-refractivity contribution in [2.45, 2.75) is 79.1 Å². The van der Waals surface area contributed by atoms with Gasteiger partial charge in [0.05, 0.1) is 22.7 Å². The minimum Gasteiger partial charge on any atom is -0.307 e. The molecular weight excluding hydrogens is 593 g/mol. The summed E-state index contributed by atoms with van der Waals surface area (Å²) in [7, 11) is 0. The van der Waals surface area contributed by atoms with Gasteiger partial charge in [0.1, 0.15) is 0 Å². The second kappa shape index (κ2) is 11.9. The average Bonchev–Trinajstić information content (AvgIpc) is 3.44. The standard InChI is InChI=1S/C47H47N2/c1-28(2)37-16-12-17-38(29(3)4)45(37)48-41-20-9-10-21-42(41)49(46-39(30(5)6)18-13-19-40(46)31(7)8)47(48)36-26-34-24-22-32-14-11-15-33-23-25-35(27-36)44(34)43(32)33/h9-31H,1-8H3. The van der Waals surface area contributed by atoms with Crippen LogP contribution in [0.1, 0.15) is 107 Å². The van der Waals surface area contributed by atoms with Crippen molar-refractivity contribution in [3.05, 3.63) is 149 Å². The Morgan fingerprint density at radius 2 is 0.714 bits per heavy atom. The first-order valence-electron chi connectivity index (χ1n) is 18.2. The monoisotopic (exact) mass is 639 g/mol. The zero-order chi connectivity index (χ0) is 34.1. The normalized spacial score (nSPS) is 13.9. The maximum Gasteiger partial charge on any atom is 0.196 e. The molecule has 0 bridgehead atoms. The van der Waals surface area contributed by atoms with Gasteiger partial charge in [-0.05, 0) is 103 Å². The van der Waals surface area contributed by atoms with Crippen LogP contribution in [0.25, 0.3) is 32.3 Å². The predicted molar refractivity (Wildman–Crippen MR) is 212 cm³/mol. The van der Waals surface area contributed by atoms with Gasteiger partial charge in [0.2, 0.25) is 0 Å². The molecule has 1 aliphatic heterocycles. The van der Waals surface area contributed by atoms with Crippen LogP contribution in [0.15, 0.2) is 115 Å². The number of hydrogen-bond donors (Lipinski definition) is 0. The first kappa shape index (κ1) is 31.4. The Morgan fingerprint density at radius 3 is 1.10 bits per heavy atom. The van der Waals surface area contributed by atoms with Gasteiger partial charge in [-0.1, -0.05) is 146 Å². The van der Waals surface area contributed by atoms with Crippen LogP contribution in [0.2, 0.25) is 0 Å². The third kappa shape index (κ3) is 4.91. The van der Waals surface area contributed by atoms with Gasteiger partial charge in [0.15, 0.2) is 6.17 Å². The van der Waals surface area contributed by atoms with E-state index in [1.54, 1.807) is 0 Å². The fourth-order valence-electron chi connectivity index (χ4n) is 8.30. The topological polar surface area (TPSA) is 6.48 Å². The highest BCUT2D eigenvalue weighted by molar-refractivity contribution is 6.23. The third-order valence-corrected chi connectivity index (χ3v) is 10.6. The van der Waals surface area contributed by atoms with Gasteiger partial charge >= 0.3 is 0 Å². The molecule has 49 heavy (non-hydrogen) atoms. The minimum absolute atomic E-state index is 0.357. The lowest BCUT2D eigenvalue weighted by Gasteiger charge is -2.37. The third-order valence-electron chi connectivity index (χ3n) is 10.6. The molecule has 0 atom stereocenters. The van der Waals surface area contributed by atoms with Crippen molar-refractivity contribution in [2.75, 3.05) is 9.80 Å². The highest BCUT2D eigenvalue weighted by Gasteiger charge is 2.44. The quantitative estimate of drug-likeness (QED) is 0.160. The molecule has 0 amide bonds. The first-order chi connectivity index (χ1) is 23.7. The molecule has 7 aromatic rings. The van der Waals surface area contributed by atoms with Crippen molar-refractivity contribution in [1.29, 1.82) is 0 Å². The highest BCUT2D eigenvalue weighted by atomic mass is 15.4. The van der Waals surface area contributed by atoms with Crippen molar-refractivity contribution in [2.24, 2.45) is 0 Å². The summed E-state index contributed by atoms with van der Waals surface area (Å²) in [5.41, 5.74) is 11.8. The van der Waals surface area contributed by atoms with E-state index in [2.05, 4.69) is 180 Å².